The molecule has 0 aromatic heterocycles. The standard InChI is InChI=1S/C16H21Si.C14H17.Mg/c1-10(2)13-7-11(3)15-14(9-13)8-12(4)16(15)17(5)6;1-9(2)12-7-11(4)14-6-10(3)5-13(14)8-12;/h7,9-10H,1-6H3;5-9H,1-4H3;/q2*-1;+2. The maximum Gasteiger partial charge on any atom is 2.00 e. The van der Waals surface area contributed by atoms with Crippen molar-refractivity contribution in [2.75, 3.05) is 0 Å². The topological polar surface area (TPSA) is 0 Å². The molecule has 0 radical (unpaired) electrons. The van der Waals surface area contributed by atoms with E-state index in [1.54, 1.807) is 5.17 Å². The SMILES string of the molecule is CC1=[C-]c2cc(C(C)C)cc(C)c2C1=[Si](C)C.Cc1cc2c(C)cc(C(C)C)cc2[cH-]1.[Mg+2]. The summed E-state index contributed by atoms with van der Waals surface area (Å²) in [6, 6.07) is 13.9. The summed E-state index contributed by atoms with van der Waals surface area (Å²) in [5, 5.41) is 4.39. The van der Waals surface area contributed by atoms with Crippen molar-refractivity contribution in [3.63, 3.8) is 0 Å². The fourth-order valence-electron chi connectivity index (χ4n) is 4.67. The second-order valence-corrected chi connectivity index (χ2v) is 12.6. The van der Waals surface area contributed by atoms with E-state index >= 15 is 0 Å². The number of hydrogen-bond acceptors (Lipinski definition) is 0. The van der Waals surface area contributed by atoms with Crippen molar-refractivity contribution < 1.29 is 0 Å². The molecule has 164 valence electrons. The van der Waals surface area contributed by atoms with Crippen LogP contribution < -0.4 is 0 Å². The third-order valence-corrected chi connectivity index (χ3v) is 7.96. The van der Waals surface area contributed by atoms with E-state index in [-0.39, 0.29) is 23.1 Å². The van der Waals surface area contributed by atoms with Gasteiger partial charge in [0.2, 0.25) is 0 Å². The Morgan fingerprint density at radius 2 is 1.34 bits per heavy atom. The van der Waals surface area contributed by atoms with Crippen molar-refractivity contribution in [1.29, 1.82) is 0 Å². The van der Waals surface area contributed by atoms with Crippen LogP contribution in [0.5, 0.6) is 0 Å². The number of aryl methyl sites for hydroxylation is 3. The molecule has 0 amide bonds. The molecular weight excluding hydrogens is 413 g/mol. The molecule has 0 aliphatic heterocycles. The van der Waals surface area contributed by atoms with Crippen LogP contribution in [-0.2, 0) is 0 Å². The van der Waals surface area contributed by atoms with Gasteiger partial charge in [0, 0.05) is 0 Å². The average Bonchev–Trinajstić information content (AvgIpc) is 3.21. The molecule has 0 unspecified atom stereocenters. The van der Waals surface area contributed by atoms with E-state index in [1.165, 1.54) is 55.3 Å². The minimum atomic E-state index is -0.410. The average molecular weight is 451 g/mol. The molecule has 2 heteroatoms. The molecule has 0 atom stereocenters. The maximum atomic E-state index is 3.57. The monoisotopic (exact) mass is 450 g/mol. The fourth-order valence-corrected chi connectivity index (χ4v) is 6.32. The summed E-state index contributed by atoms with van der Waals surface area (Å²) in [5.74, 6) is 1.21. The Balaban J connectivity index is 0.000000224. The van der Waals surface area contributed by atoms with Crippen LogP contribution in [0.4, 0.5) is 0 Å². The smallest absolute Gasteiger partial charge is 0.165 e. The van der Waals surface area contributed by atoms with Crippen molar-refractivity contribution >= 4 is 47.4 Å². The van der Waals surface area contributed by atoms with Crippen LogP contribution in [0.25, 0.3) is 10.8 Å². The third-order valence-electron chi connectivity index (χ3n) is 6.33. The second-order valence-electron chi connectivity index (χ2n) is 10.1. The summed E-state index contributed by atoms with van der Waals surface area (Å²) in [6.45, 7) is 22.6. The van der Waals surface area contributed by atoms with Crippen molar-refractivity contribution in [2.45, 2.75) is 80.3 Å². The third kappa shape index (κ3) is 5.58. The predicted octanol–water partition coefficient (Wildman–Crippen LogP) is 8.00. The molecule has 0 bridgehead atoms. The van der Waals surface area contributed by atoms with Gasteiger partial charge in [0.15, 0.2) is 0 Å². The number of rotatable bonds is 2. The zero-order valence-electron chi connectivity index (χ0n) is 21.8. The van der Waals surface area contributed by atoms with Gasteiger partial charge in [-0.1, -0.05) is 89.0 Å². The molecule has 0 fully saturated rings. The first-order chi connectivity index (χ1) is 14.5. The molecular formula is C30H38MgSi. The molecule has 1 aliphatic carbocycles. The first-order valence-electron chi connectivity index (χ1n) is 11.6. The van der Waals surface area contributed by atoms with E-state index < -0.39 is 8.41 Å². The van der Waals surface area contributed by atoms with Crippen molar-refractivity contribution in [3.8, 4) is 0 Å². The van der Waals surface area contributed by atoms with Crippen molar-refractivity contribution in [3.05, 3.63) is 87.0 Å². The molecule has 0 N–H and O–H groups in total. The van der Waals surface area contributed by atoms with Crippen LogP contribution in [0.15, 0.2) is 42.0 Å². The maximum absolute atomic E-state index is 3.57. The van der Waals surface area contributed by atoms with Gasteiger partial charge in [0.05, 0.1) is 0 Å². The molecule has 0 nitrogen and oxygen atoms in total. The van der Waals surface area contributed by atoms with Gasteiger partial charge in [0.1, 0.15) is 0 Å². The summed E-state index contributed by atoms with van der Waals surface area (Å²) in [6.07, 6.45) is 3.57. The van der Waals surface area contributed by atoms with E-state index in [1.807, 2.05) is 0 Å². The fraction of sp³-hybridized carbons (Fsp3) is 0.400. The van der Waals surface area contributed by atoms with Gasteiger partial charge in [-0.2, -0.15) is 11.6 Å². The predicted molar refractivity (Wildman–Crippen MR) is 147 cm³/mol. The van der Waals surface area contributed by atoms with Gasteiger partial charge in [-0.25, -0.2) is 0 Å². The first kappa shape index (κ1) is 26.9. The Morgan fingerprint density at radius 1 is 0.781 bits per heavy atom. The van der Waals surface area contributed by atoms with E-state index in [0.717, 1.165) is 0 Å². The van der Waals surface area contributed by atoms with Gasteiger partial charge in [-0.3, -0.25) is 0 Å². The number of fused-ring (bicyclic) bond motifs is 2. The normalized spacial score (nSPS) is 12.5. The van der Waals surface area contributed by atoms with Gasteiger partial charge in [-0.05, 0) is 34.1 Å². The summed E-state index contributed by atoms with van der Waals surface area (Å²) < 4.78 is 0. The Labute approximate surface area is 213 Å². The summed E-state index contributed by atoms with van der Waals surface area (Å²) in [4.78, 5) is 0. The molecule has 4 rings (SSSR count). The van der Waals surface area contributed by atoms with Gasteiger partial charge in [0.25, 0.3) is 0 Å². The zero-order chi connectivity index (χ0) is 23.0. The van der Waals surface area contributed by atoms with Crippen molar-refractivity contribution in [1.82, 2.24) is 0 Å². The van der Waals surface area contributed by atoms with Gasteiger partial charge in [-0.15, -0.1) is 56.9 Å². The Bertz CT molecular complexity index is 1180. The Morgan fingerprint density at radius 3 is 1.91 bits per heavy atom. The van der Waals surface area contributed by atoms with Crippen LogP contribution in [0.2, 0.25) is 13.1 Å². The Kier molecular flexibility index (Phi) is 9.00. The molecule has 1 aliphatic rings. The Hall–Kier alpha value is -1.36. The molecule has 3 aromatic rings. The molecule has 0 saturated carbocycles. The minimum Gasteiger partial charge on any atom is -0.165 e. The van der Waals surface area contributed by atoms with Crippen molar-refractivity contribution in [2.24, 2.45) is 0 Å². The molecule has 0 spiro atoms. The summed E-state index contributed by atoms with van der Waals surface area (Å²) >= 11 is 0. The van der Waals surface area contributed by atoms with Crippen LogP contribution in [0, 0.1) is 26.8 Å². The zero-order valence-corrected chi connectivity index (χ0v) is 24.2. The van der Waals surface area contributed by atoms with Crippen LogP contribution in [-0.4, -0.2) is 36.6 Å². The quantitative estimate of drug-likeness (QED) is 0.274. The summed E-state index contributed by atoms with van der Waals surface area (Å²) in [7, 11) is -0.410. The van der Waals surface area contributed by atoms with Crippen LogP contribution >= 0.6 is 0 Å². The second kappa shape index (κ2) is 10.7. The van der Waals surface area contributed by atoms with Gasteiger partial charge >= 0.3 is 23.1 Å². The first-order valence-corrected chi connectivity index (χ1v) is 14.1. The molecule has 0 saturated heterocycles. The summed E-state index contributed by atoms with van der Waals surface area (Å²) in [5.41, 5.74) is 11.2. The van der Waals surface area contributed by atoms with E-state index in [4.69, 9.17) is 0 Å². The number of hydrogen-bond donors (Lipinski definition) is 0. The number of allylic oxidation sites excluding steroid dienone is 1. The van der Waals surface area contributed by atoms with Crippen LogP contribution in [0.3, 0.4) is 0 Å². The van der Waals surface area contributed by atoms with Crippen LogP contribution in [0.1, 0.15) is 85.4 Å². The molecule has 32 heavy (non-hydrogen) atoms. The minimum absolute atomic E-state index is 0. The van der Waals surface area contributed by atoms with E-state index in [9.17, 15) is 0 Å². The van der Waals surface area contributed by atoms with E-state index in [0.29, 0.717) is 11.8 Å². The number of benzene rings is 2. The van der Waals surface area contributed by atoms with Gasteiger partial charge < -0.3 is 0 Å². The molecule has 3 aromatic carbocycles. The molecule has 0 heterocycles. The van der Waals surface area contributed by atoms with E-state index in [2.05, 4.69) is 111 Å². The largest absolute Gasteiger partial charge is 2.00 e.